The molecule has 4 aromatic heterocycles. The van der Waals surface area contributed by atoms with E-state index in [-0.39, 0.29) is 12.2 Å². The maximum Gasteiger partial charge on any atom is 0.278 e. The van der Waals surface area contributed by atoms with Crippen molar-refractivity contribution in [1.82, 2.24) is 24.3 Å². The number of anilines is 2. The van der Waals surface area contributed by atoms with E-state index in [1.54, 1.807) is 39.8 Å². The van der Waals surface area contributed by atoms with Gasteiger partial charge in [-0.05, 0) is 48.7 Å². The molecule has 5 aromatic rings. The Labute approximate surface area is 204 Å². The highest BCUT2D eigenvalue weighted by Gasteiger charge is 2.17. The molecule has 0 amide bonds. The molecule has 1 aromatic carbocycles. The van der Waals surface area contributed by atoms with E-state index in [1.807, 2.05) is 35.9 Å². The smallest absolute Gasteiger partial charge is 0.278 e. The van der Waals surface area contributed by atoms with Crippen LogP contribution < -0.4 is 15.6 Å². The van der Waals surface area contributed by atoms with Gasteiger partial charge in [0.25, 0.3) is 5.56 Å². The minimum atomic E-state index is -0.216. The van der Waals surface area contributed by atoms with Crippen LogP contribution in [0.4, 0.5) is 11.6 Å². The van der Waals surface area contributed by atoms with E-state index in [0.29, 0.717) is 46.3 Å². The van der Waals surface area contributed by atoms with E-state index in [2.05, 4.69) is 26.8 Å². The molecule has 2 N–H and O–H groups in total. The number of aliphatic hydroxyl groups excluding tert-OH is 1. The molecule has 9 nitrogen and oxygen atoms in total. The number of nitrogens with zero attached hydrogens (tertiary/aromatic N) is 5. The zero-order chi connectivity index (χ0) is 24.4. The molecule has 0 unspecified atom stereocenters. The van der Waals surface area contributed by atoms with Crippen molar-refractivity contribution in [3.8, 4) is 17.2 Å². The van der Waals surface area contributed by atoms with E-state index < -0.39 is 0 Å². The monoisotopic (exact) mass is 486 g/mol. The van der Waals surface area contributed by atoms with E-state index in [4.69, 9.17) is 4.74 Å². The van der Waals surface area contributed by atoms with Gasteiger partial charge in [0.15, 0.2) is 5.65 Å². The largest absolute Gasteiger partial charge is 0.455 e. The number of rotatable bonds is 8. The fraction of sp³-hybridized carbons (Fsp3) is 0.120. The number of fused-ring (bicyclic) bond motifs is 1. The Kier molecular flexibility index (Phi) is 6.13. The molecule has 0 aliphatic carbocycles. The van der Waals surface area contributed by atoms with E-state index in [9.17, 15) is 9.90 Å². The van der Waals surface area contributed by atoms with Crippen LogP contribution in [0, 0.1) is 6.92 Å². The molecule has 0 aliphatic heterocycles. The standard InChI is InChI=1S/C25H22N6O3S/c1-3-9-30-24(33)21-13-27-25(29-23(21)31(30)19-8-10-35-15-19)28-18-5-7-22(17(11-18)14-32)34-20-6-4-16(2)26-12-20/h3-8,10-13,15,32H,1,9,14H2,2H3,(H,27,28,29). The van der Waals surface area contributed by atoms with Crippen molar-refractivity contribution in [3.05, 3.63) is 93.8 Å². The zero-order valence-corrected chi connectivity index (χ0v) is 19.7. The summed E-state index contributed by atoms with van der Waals surface area (Å²) in [5, 5.41) is 17.4. The Morgan fingerprint density at radius 1 is 1.20 bits per heavy atom. The summed E-state index contributed by atoms with van der Waals surface area (Å²) in [4.78, 5) is 26.1. The van der Waals surface area contributed by atoms with Gasteiger partial charge in [0.05, 0.1) is 25.0 Å². The number of hydrogen-bond donors (Lipinski definition) is 2. The van der Waals surface area contributed by atoms with Gasteiger partial charge >= 0.3 is 0 Å². The summed E-state index contributed by atoms with van der Waals surface area (Å²) in [6, 6.07) is 10.9. The van der Waals surface area contributed by atoms with Gasteiger partial charge in [-0.3, -0.25) is 9.78 Å². The highest BCUT2D eigenvalue weighted by molar-refractivity contribution is 7.08. The number of allylic oxidation sites excluding steroid dienone is 1. The SMILES string of the molecule is C=CCn1c(=O)c2cnc(Nc3ccc(Oc4ccc(C)nc4)c(CO)c3)nc2n1-c1ccsc1. The fourth-order valence-corrected chi connectivity index (χ4v) is 4.28. The maximum atomic E-state index is 12.9. The minimum Gasteiger partial charge on any atom is -0.455 e. The van der Waals surface area contributed by atoms with Crippen LogP contribution in [0.15, 0.2) is 77.0 Å². The second-order valence-electron chi connectivity index (χ2n) is 7.74. The van der Waals surface area contributed by atoms with Crippen molar-refractivity contribution < 1.29 is 9.84 Å². The molecule has 0 spiro atoms. The van der Waals surface area contributed by atoms with Crippen LogP contribution in [0.5, 0.6) is 11.5 Å². The Morgan fingerprint density at radius 3 is 2.80 bits per heavy atom. The normalized spacial score (nSPS) is 11.0. The number of aromatic nitrogens is 5. The third-order valence-corrected chi connectivity index (χ3v) is 6.00. The van der Waals surface area contributed by atoms with Crippen molar-refractivity contribution in [1.29, 1.82) is 0 Å². The van der Waals surface area contributed by atoms with E-state index in [0.717, 1.165) is 11.4 Å². The van der Waals surface area contributed by atoms with Crippen molar-refractivity contribution in [3.63, 3.8) is 0 Å². The number of aliphatic hydroxyl groups is 1. The van der Waals surface area contributed by atoms with Crippen molar-refractivity contribution in [2.45, 2.75) is 20.1 Å². The summed E-state index contributed by atoms with van der Waals surface area (Å²) in [7, 11) is 0. The number of ether oxygens (including phenoxy) is 1. The van der Waals surface area contributed by atoms with Gasteiger partial charge in [0.1, 0.15) is 16.9 Å². The minimum absolute atomic E-state index is 0.188. The molecular weight excluding hydrogens is 464 g/mol. The van der Waals surface area contributed by atoms with Gasteiger partial charge in [-0.25, -0.2) is 14.3 Å². The first-order valence-electron chi connectivity index (χ1n) is 10.8. The molecule has 0 bridgehead atoms. The molecule has 0 aliphatic rings. The molecule has 0 atom stereocenters. The molecule has 4 heterocycles. The number of nitrogens with one attached hydrogen (secondary N) is 1. The first-order valence-corrected chi connectivity index (χ1v) is 11.7. The molecule has 0 fully saturated rings. The van der Waals surface area contributed by atoms with E-state index >= 15 is 0 Å². The van der Waals surface area contributed by atoms with Crippen LogP contribution in [0.1, 0.15) is 11.3 Å². The third kappa shape index (κ3) is 4.44. The summed E-state index contributed by atoms with van der Waals surface area (Å²) >= 11 is 1.53. The van der Waals surface area contributed by atoms with Crippen LogP contribution in [0.2, 0.25) is 0 Å². The van der Waals surface area contributed by atoms with Crippen LogP contribution in [0.3, 0.4) is 0 Å². The summed E-state index contributed by atoms with van der Waals surface area (Å²) in [5.41, 5.74) is 3.28. The summed E-state index contributed by atoms with van der Waals surface area (Å²) in [6.07, 6.45) is 4.82. The first kappa shape index (κ1) is 22.5. The molecule has 35 heavy (non-hydrogen) atoms. The lowest BCUT2D eigenvalue weighted by molar-refractivity contribution is 0.276. The lowest BCUT2D eigenvalue weighted by Crippen LogP contribution is -2.21. The second-order valence-corrected chi connectivity index (χ2v) is 8.52. The lowest BCUT2D eigenvalue weighted by atomic mass is 10.2. The van der Waals surface area contributed by atoms with Crippen molar-refractivity contribution in [2.75, 3.05) is 5.32 Å². The Balaban J connectivity index is 1.48. The van der Waals surface area contributed by atoms with Gasteiger partial charge in [0, 0.05) is 28.5 Å². The van der Waals surface area contributed by atoms with Gasteiger partial charge in [-0.1, -0.05) is 6.08 Å². The highest BCUT2D eigenvalue weighted by atomic mass is 32.1. The average molecular weight is 487 g/mol. The topological polar surface area (TPSA) is 107 Å². The first-order chi connectivity index (χ1) is 17.1. The molecule has 176 valence electrons. The van der Waals surface area contributed by atoms with Crippen LogP contribution in [0.25, 0.3) is 16.7 Å². The van der Waals surface area contributed by atoms with Crippen LogP contribution >= 0.6 is 11.3 Å². The zero-order valence-electron chi connectivity index (χ0n) is 18.9. The second kappa shape index (κ2) is 9.53. The van der Waals surface area contributed by atoms with Crippen LogP contribution in [-0.4, -0.2) is 29.4 Å². The lowest BCUT2D eigenvalue weighted by Gasteiger charge is -2.12. The van der Waals surface area contributed by atoms with Gasteiger partial charge in [0.2, 0.25) is 5.95 Å². The molecule has 5 rings (SSSR count). The quantitative estimate of drug-likeness (QED) is 0.310. The van der Waals surface area contributed by atoms with Gasteiger partial charge in [-0.2, -0.15) is 16.3 Å². The molecular formula is C25H22N6O3S. The van der Waals surface area contributed by atoms with Gasteiger partial charge in [-0.15, -0.1) is 6.58 Å². The summed E-state index contributed by atoms with van der Waals surface area (Å²) in [6.45, 7) is 5.79. The fourth-order valence-electron chi connectivity index (χ4n) is 3.67. The number of pyridine rings is 1. The predicted octanol–water partition coefficient (Wildman–Crippen LogP) is 4.56. The number of hydrogen-bond acceptors (Lipinski definition) is 8. The Morgan fingerprint density at radius 2 is 2.09 bits per heavy atom. The third-order valence-electron chi connectivity index (χ3n) is 5.33. The van der Waals surface area contributed by atoms with Crippen LogP contribution in [-0.2, 0) is 13.2 Å². The maximum absolute atomic E-state index is 12.9. The van der Waals surface area contributed by atoms with E-state index in [1.165, 1.54) is 17.5 Å². The number of benzene rings is 1. The van der Waals surface area contributed by atoms with Crippen molar-refractivity contribution >= 4 is 34.0 Å². The molecule has 0 radical (unpaired) electrons. The molecule has 0 saturated carbocycles. The summed E-state index contributed by atoms with van der Waals surface area (Å²) in [5.74, 6) is 1.42. The highest BCUT2D eigenvalue weighted by Crippen LogP contribution is 2.29. The Hall–Kier alpha value is -4.28. The van der Waals surface area contributed by atoms with Gasteiger partial charge < -0.3 is 15.2 Å². The predicted molar refractivity (Wildman–Crippen MR) is 136 cm³/mol. The average Bonchev–Trinajstić information content (AvgIpc) is 3.48. The number of thiophene rings is 1. The molecule has 10 heteroatoms. The van der Waals surface area contributed by atoms with Crippen molar-refractivity contribution in [2.24, 2.45) is 0 Å². The number of aryl methyl sites for hydroxylation is 1. The Bertz CT molecular complexity index is 1560. The summed E-state index contributed by atoms with van der Waals surface area (Å²) < 4.78 is 9.23. The molecule has 0 saturated heterocycles.